The molecule has 0 spiro atoms. The second-order valence-electron chi connectivity index (χ2n) is 3.04. The van der Waals surface area contributed by atoms with Gasteiger partial charge in [0.1, 0.15) is 0 Å². The van der Waals surface area contributed by atoms with Gasteiger partial charge in [0.05, 0.1) is 0 Å². The van der Waals surface area contributed by atoms with Crippen LogP contribution in [0.4, 0.5) is 0 Å². The molecule has 0 amide bonds. The van der Waals surface area contributed by atoms with E-state index in [0.717, 1.165) is 5.92 Å². The van der Waals surface area contributed by atoms with E-state index >= 15 is 0 Å². The fraction of sp³-hybridized carbons (Fsp3) is 0.889. The summed E-state index contributed by atoms with van der Waals surface area (Å²) in [4.78, 5) is 0. The highest BCUT2D eigenvalue weighted by atomic mass is 14.2. The van der Waals surface area contributed by atoms with Gasteiger partial charge in [-0.3, -0.25) is 0 Å². The van der Waals surface area contributed by atoms with E-state index in [0.29, 0.717) is 0 Å². The molecule has 1 rings (SSSR count). The van der Waals surface area contributed by atoms with Gasteiger partial charge in [-0.15, -0.1) is 0 Å². The van der Waals surface area contributed by atoms with Crippen LogP contribution in [-0.4, -0.2) is 0 Å². The van der Waals surface area contributed by atoms with Crippen molar-refractivity contribution in [3.8, 4) is 0 Å². The maximum Gasteiger partial charge on any atom is -0.0535 e. The van der Waals surface area contributed by atoms with Gasteiger partial charge in [-0.05, 0) is 0 Å². The predicted octanol–water partition coefficient (Wildman–Crippen LogP) is 3.18. The lowest BCUT2D eigenvalue weighted by Crippen LogP contribution is -2.05. The van der Waals surface area contributed by atoms with E-state index in [2.05, 4.69) is 13.3 Å². The van der Waals surface area contributed by atoms with Gasteiger partial charge in [0.25, 0.3) is 0 Å². The summed E-state index contributed by atoms with van der Waals surface area (Å²) in [6, 6.07) is 0. The smallest absolute Gasteiger partial charge is 0.0535 e. The van der Waals surface area contributed by atoms with Crippen LogP contribution in [0.15, 0.2) is 0 Å². The minimum atomic E-state index is 0.976. The van der Waals surface area contributed by atoms with Crippen LogP contribution < -0.4 is 0 Å². The Bertz CT molecular complexity index is 57.7. The normalized spacial score (nSPS) is 22.3. The van der Waals surface area contributed by atoms with Crippen molar-refractivity contribution in [2.75, 3.05) is 0 Å². The summed E-state index contributed by atoms with van der Waals surface area (Å²) in [5, 5.41) is 0. The van der Waals surface area contributed by atoms with E-state index < -0.39 is 0 Å². The van der Waals surface area contributed by atoms with E-state index in [1.165, 1.54) is 38.5 Å². The molecule has 0 saturated heterocycles. The summed E-state index contributed by atoms with van der Waals surface area (Å²) in [5.74, 6) is 0.976. The summed E-state index contributed by atoms with van der Waals surface area (Å²) < 4.78 is 0. The SMILES string of the molecule is CC[CH-]C1CCCCC1. The highest BCUT2D eigenvalue weighted by Gasteiger charge is 2.04. The minimum Gasteiger partial charge on any atom is -0.326 e. The van der Waals surface area contributed by atoms with E-state index in [9.17, 15) is 0 Å². The third-order valence-corrected chi connectivity index (χ3v) is 2.22. The first kappa shape index (κ1) is 7.11. The number of hydrogen-bond acceptors (Lipinski definition) is 0. The Hall–Kier alpha value is 0. The predicted molar refractivity (Wildman–Crippen MR) is 41.2 cm³/mol. The Morgan fingerprint density at radius 3 is 2.44 bits per heavy atom. The molecule has 0 aromatic heterocycles. The zero-order valence-electron chi connectivity index (χ0n) is 6.40. The maximum absolute atomic E-state index is 2.49. The van der Waals surface area contributed by atoms with Crippen LogP contribution >= 0.6 is 0 Å². The first-order chi connectivity index (χ1) is 4.43. The molecule has 0 radical (unpaired) electrons. The van der Waals surface area contributed by atoms with Gasteiger partial charge in [-0.1, -0.05) is 39.0 Å². The van der Waals surface area contributed by atoms with Crippen molar-refractivity contribution in [1.82, 2.24) is 0 Å². The first-order valence-corrected chi connectivity index (χ1v) is 4.27. The largest absolute Gasteiger partial charge is 0.326 e. The molecule has 9 heavy (non-hydrogen) atoms. The van der Waals surface area contributed by atoms with Crippen LogP contribution in [0.1, 0.15) is 45.4 Å². The summed E-state index contributed by atoms with van der Waals surface area (Å²) in [6.07, 6.45) is 11.1. The lowest BCUT2D eigenvalue weighted by molar-refractivity contribution is 0.392. The van der Waals surface area contributed by atoms with E-state index in [-0.39, 0.29) is 0 Å². The van der Waals surface area contributed by atoms with Gasteiger partial charge >= 0.3 is 0 Å². The summed E-state index contributed by atoms with van der Waals surface area (Å²) in [7, 11) is 0. The molecule has 1 aliphatic rings. The molecule has 0 aromatic rings. The molecular formula is C9H17-. The minimum absolute atomic E-state index is 0.976. The molecule has 0 heterocycles. The van der Waals surface area contributed by atoms with Crippen molar-refractivity contribution in [3.63, 3.8) is 0 Å². The Morgan fingerprint density at radius 2 is 1.89 bits per heavy atom. The fourth-order valence-corrected chi connectivity index (χ4v) is 1.70. The van der Waals surface area contributed by atoms with Crippen LogP contribution in [0.5, 0.6) is 0 Å². The van der Waals surface area contributed by atoms with Gasteiger partial charge in [-0.25, -0.2) is 0 Å². The van der Waals surface area contributed by atoms with Crippen LogP contribution in [0.25, 0.3) is 0 Å². The van der Waals surface area contributed by atoms with E-state index in [4.69, 9.17) is 0 Å². The molecule has 0 heteroatoms. The molecular weight excluding hydrogens is 108 g/mol. The van der Waals surface area contributed by atoms with Crippen LogP contribution in [-0.2, 0) is 0 Å². The van der Waals surface area contributed by atoms with Gasteiger partial charge in [0.2, 0.25) is 0 Å². The number of hydrogen-bond donors (Lipinski definition) is 0. The Balaban J connectivity index is 2.08. The molecule has 0 bridgehead atoms. The number of rotatable bonds is 2. The van der Waals surface area contributed by atoms with Gasteiger partial charge in [0, 0.05) is 0 Å². The lowest BCUT2D eigenvalue weighted by Gasteiger charge is -2.28. The molecule has 0 unspecified atom stereocenters. The van der Waals surface area contributed by atoms with Crippen molar-refractivity contribution in [2.45, 2.75) is 45.4 Å². The molecule has 0 aliphatic heterocycles. The molecule has 0 nitrogen and oxygen atoms in total. The topological polar surface area (TPSA) is 0 Å². The summed E-state index contributed by atoms with van der Waals surface area (Å²) in [6.45, 7) is 2.24. The van der Waals surface area contributed by atoms with Crippen molar-refractivity contribution < 1.29 is 0 Å². The van der Waals surface area contributed by atoms with Crippen molar-refractivity contribution in [1.29, 1.82) is 0 Å². The molecule has 0 aromatic carbocycles. The second kappa shape index (κ2) is 3.92. The first-order valence-electron chi connectivity index (χ1n) is 4.27. The van der Waals surface area contributed by atoms with Crippen molar-refractivity contribution in [3.05, 3.63) is 6.42 Å². The highest BCUT2D eigenvalue weighted by molar-refractivity contribution is 4.77. The average molecular weight is 125 g/mol. The van der Waals surface area contributed by atoms with E-state index in [1.807, 2.05) is 0 Å². The molecule has 1 saturated carbocycles. The Labute approximate surface area is 58.7 Å². The van der Waals surface area contributed by atoms with Gasteiger partial charge < -0.3 is 6.42 Å². The third kappa shape index (κ3) is 2.38. The average Bonchev–Trinajstić information content (AvgIpc) is 1.91. The Kier molecular flexibility index (Phi) is 3.10. The summed E-state index contributed by atoms with van der Waals surface area (Å²) >= 11 is 0. The van der Waals surface area contributed by atoms with Crippen molar-refractivity contribution in [2.24, 2.45) is 5.92 Å². The van der Waals surface area contributed by atoms with E-state index in [1.54, 1.807) is 0 Å². The molecule has 0 N–H and O–H groups in total. The standard InChI is InChI=1S/C9H17/c1-2-6-9-7-4-3-5-8-9/h6,9H,2-5,7-8H2,1H3/q-1. The van der Waals surface area contributed by atoms with Crippen LogP contribution in [0.3, 0.4) is 0 Å². The second-order valence-corrected chi connectivity index (χ2v) is 3.04. The molecule has 0 atom stereocenters. The molecule has 54 valence electrons. The zero-order chi connectivity index (χ0) is 6.53. The van der Waals surface area contributed by atoms with Crippen LogP contribution in [0, 0.1) is 12.3 Å². The molecule has 1 aliphatic carbocycles. The van der Waals surface area contributed by atoms with Gasteiger partial charge in [-0.2, -0.15) is 12.3 Å². The maximum atomic E-state index is 2.49. The quantitative estimate of drug-likeness (QED) is 0.497. The fourth-order valence-electron chi connectivity index (χ4n) is 1.70. The zero-order valence-corrected chi connectivity index (χ0v) is 6.40. The van der Waals surface area contributed by atoms with Crippen LogP contribution in [0.2, 0.25) is 0 Å². The Morgan fingerprint density at radius 1 is 1.22 bits per heavy atom. The molecule has 1 fully saturated rings. The van der Waals surface area contributed by atoms with Gasteiger partial charge in [0.15, 0.2) is 0 Å². The third-order valence-electron chi connectivity index (χ3n) is 2.22. The highest BCUT2D eigenvalue weighted by Crippen LogP contribution is 2.26. The van der Waals surface area contributed by atoms with Crippen molar-refractivity contribution >= 4 is 0 Å². The summed E-state index contributed by atoms with van der Waals surface area (Å²) in [5.41, 5.74) is 0. The lowest BCUT2D eigenvalue weighted by atomic mass is 9.86. The monoisotopic (exact) mass is 125 g/mol.